The van der Waals surface area contributed by atoms with E-state index in [1.54, 1.807) is 23.6 Å². The fourth-order valence-corrected chi connectivity index (χ4v) is 5.54. The number of rotatable bonds is 4. The maximum Gasteiger partial charge on any atom is 0.275 e. The molecule has 2 aromatic heterocycles. The highest BCUT2D eigenvalue weighted by Crippen LogP contribution is 2.38. The summed E-state index contributed by atoms with van der Waals surface area (Å²) in [6, 6.07) is 7.82. The van der Waals surface area contributed by atoms with Crippen molar-refractivity contribution in [2.75, 3.05) is 54.5 Å². The van der Waals surface area contributed by atoms with Crippen LogP contribution in [0.5, 0.6) is 0 Å². The van der Waals surface area contributed by atoms with Crippen LogP contribution in [0.25, 0.3) is 10.2 Å². The second kappa shape index (κ2) is 9.10. The molecule has 162 valence electrons. The van der Waals surface area contributed by atoms with Gasteiger partial charge in [-0.3, -0.25) is 4.79 Å². The van der Waals surface area contributed by atoms with Gasteiger partial charge in [0.1, 0.15) is 5.69 Å². The van der Waals surface area contributed by atoms with E-state index < -0.39 is 0 Å². The van der Waals surface area contributed by atoms with Crippen LogP contribution < -0.4 is 15.1 Å². The smallest absolute Gasteiger partial charge is 0.275 e. The summed E-state index contributed by atoms with van der Waals surface area (Å²) in [6.07, 6.45) is 5.20. The Morgan fingerprint density at radius 2 is 1.90 bits per heavy atom. The standard InChI is InChI=1S/C22H24BrN5O2S/c23-15-5-4-6-24-20(15)21(29)25-16-14-19-17(13-18(16)27-7-2-1-3-8-27)26-22(31-19)28-9-11-30-12-10-28/h4-6,13-14H,1-3,7-12H2,(H,25,29). The predicted molar refractivity (Wildman–Crippen MR) is 129 cm³/mol. The summed E-state index contributed by atoms with van der Waals surface area (Å²) in [5, 5.41) is 4.13. The molecular formula is C22H24BrN5O2S. The molecule has 2 aliphatic heterocycles. The van der Waals surface area contributed by atoms with Crippen molar-refractivity contribution in [2.45, 2.75) is 19.3 Å². The van der Waals surface area contributed by atoms with Crippen LogP contribution in [-0.2, 0) is 4.74 Å². The lowest BCUT2D eigenvalue weighted by molar-refractivity contribution is 0.102. The van der Waals surface area contributed by atoms with Crippen LogP contribution in [0.15, 0.2) is 34.9 Å². The van der Waals surface area contributed by atoms with Crippen LogP contribution in [-0.4, -0.2) is 55.3 Å². The van der Waals surface area contributed by atoms with Crippen molar-refractivity contribution in [3.05, 3.63) is 40.6 Å². The fourth-order valence-electron chi connectivity index (χ4n) is 4.07. The van der Waals surface area contributed by atoms with Gasteiger partial charge in [0.25, 0.3) is 5.91 Å². The number of benzene rings is 1. The Morgan fingerprint density at radius 1 is 1.10 bits per heavy atom. The number of amides is 1. The molecule has 0 aliphatic carbocycles. The highest BCUT2D eigenvalue weighted by atomic mass is 79.9. The minimum Gasteiger partial charge on any atom is -0.378 e. The first kappa shape index (κ1) is 20.7. The Balaban J connectivity index is 1.52. The molecule has 2 aliphatic rings. The molecule has 4 heterocycles. The molecule has 0 saturated carbocycles. The SMILES string of the molecule is O=C(Nc1cc2sc(N3CCOCC3)nc2cc1N1CCCCC1)c1ncccc1Br. The highest BCUT2D eigenvalue weighted by molar-refractivity contribution is 9.10. The van der Waals surface area contributed by atoms with Crippen molar-refractivity contribution in [3.8, 4) is 0 Å². The summed E-state index contributed by atoms with van der Waals surface area (Å²) in [5.74, 6) is -0.219. The van der Waals surface area contributed by atoms with Gasteiger partial charge in [0.2, 0.25) is 0 Å². The third-order valence-electron chi connectivity index (χ3n) is 5.69. The van der Waals surface area contributed by atoms with Crippen molar-refractivity contribution in [1.29, 1.82) is 0 Å². The van der Waals surface area contributed by atoms with Gasteiger partial charge < -0.3 is 19.9 Å². The molecule has 7 nitrogen and oxygen atoms in total. The van der Waals surface area contributed by atoms with Crippen molar-refractivity contribution in [2.24, 2.45) is 0 Å². The van der Waals surface area contributed by atoms with E-state index in [1.165, 1.54) is 6.42 Å². The predicted octanol–water partition coefficient (Wildman–Crippen LogP) is 4.53. The number of carbonyl (C=O) groups is 1. The number of fused-ring (bicyclic) bond motifs is 1. The van der Waals surface area contributed by atoms with Gasteiger partial charge in [0.05, 0.1) is 34.8 Å². The lowest BCUT2D eigenvalue weighted by atomic mass is 10.1. The van der Waals surface area contributed by atoms with E-state index in [1.807, 2.05) is 6.07 Å². The third-order valence-corrected chi connectivity index (χ3v) is 7.41. The van der Waals surface area contributed by atoms with Crippen LogP contribution in [0.3, 0.4) is 0 Å². The first-order chi connectivity index (χ1) is 15.2. The number of hydrogen-bond donors (Lipinski definition) is 1. The molecule has 2 fully saturated rings. The van der Waals surface area contributed by atoms with Gasteiger partial charge in [-0.25, -0.2) is 9.97 Å². The minimum atomic E-state index is -0.219. The fraction of sp³-hybridized carbons (Fsp3) is 0.409. The molecule has 9 heteroatoms. The first-order valence-electron chi connectivity index (χ1n) is 10.6. The van der Waals surface area contributed by atoms with E-state index in [-0.39, 0.29) is 5.91 Å². The van der Waals surface area contributed by atoms with Gasteiger partial charge >= 0.3 is 0 Å². The average molecular weight is 502 g/mol. The number of piperidine rings is 1. The zero-order valence-electron chi connectivity index (χ0n) is 17.1. The molecule has 5 rings (SSSR count). The summed E-state index contributed by atoms with van der Waals surface area (Å²) in [7, 11) is 0. The lowest BCUT2D eigenvalue weighted by Crippen LogP contribution is -2.36. The topological polar surface area (TPSA) is 70.6 Å². The number of halogens is 1. The van der Waals surface area contributed by atoms with E-state index in [9.17, 15) is 4.79 Å². The van der Waals surface area contributed by atoms with Gasteiger partial charge in [0.15, 0.2) is 5.13 Å². The van der Waals surface area contributed by atoms with Gasteiger partial charge in [0, 0.05) is 36.8 Å². The Kier molecular flexibility index (Phi) is 6.06. The van der Waals surface area contributed by atoms with E-state index in [4.69, 9.17) is 9.72 Å². The number of carbonyl (C=O) groups excluding carboxylic acids is 1. The van der Waals surface area contributed by atoms with Crippen LogP contribution in [0.4, 0.5) is 16.5 Å². The molecule has 0 bridgehead atoms. The quantitative estimate of drug-likeness (QED) is 0.566. The molecule has 0 radical (unpaired) electrons. The second-order valence-electron chi connectivity index (χ2n) is 7.77. The van der Waals surface area contributed by atoms with Crippen molar-refractivity contribution in [1.82, 2.24) is 9.97 Å². The number of ether oxygens (including phenoxy) is 1. The lowest BCUT2D eigenvalue weighted by Gasteiger charge is -2.30. The van der Waals surface area contributed by atoms with Crippen LogP contribution >= 0.6 is 27.3 Å². The van der Waals surface area contributed by atoms with E-state index >= 15 is 0 Å². The number of hydrogen-bond acceptors (Lipinski definition) is 7. The molecule has 1 aromatic carbocycles. The first-order valence-corrected chi connectivity index (χ1v) is 12.2. The third kappa shape index (κ3) is 4.40. The number of nitrogens with zero attached hydrogens (tertiary/aromatic N) is 4. The number of pyridine rings is 1. The molecule has 3 aromatic rings. The summed E-state index contributed by atoms with van der Waals surface area (Å²) in [6.45, 7) is 5.15. The van der Waals surface area contributed by atoms with Gasteiger partial charge in [-0.1, -0.05) is 11.3 Å². The number of aromatic nitrogens is 2. The van der Waals surface area contributed by atoms with E-state index in [0.717, 1.165) is 79.0 Å². The van der Waals surface area contributed by atoms with Crippen LogP contribution in [0, 0.1) is 0 Å². The molecule has 1 N–H and O–H groups in total. The Bertz CT molecular complexity index is 1090. The van der Waals surface area contributed by atoms with Crippen LogP contribution in [0.2, 0.25) is 0 Å². The number of anilines is 3. The monoisotopic (exact) mass is 501 g/mol. The molecule has 0 atom stereocenters. The maximum atomic E-state index is 13.0. The van der Waals surface area contributed by atoms with Gasteiger partial charge in [-0.05, 0) is 59.5 Å². The summed E-state index contributed by atoms with van der Waals surface area (Å²) in [4.78, 5) is 26.8. The molecule has 0 unspecified atom stereocenters. The molecule has 31 heavy (non-hydrogen) atoms. The number of thiazole rings is 1. The van der Waals surface area contributed by atoms with E-state index in [0.29, 0.717) is 10.2 Å². The molecule has 2 saturated heterocycles. The van der Waals surface area contributed by atoms with Gasteiger partial charge in [-0.2, -0.15) is 0 Å². The zero-order valence-corrected chi connectivity index (χ0v) is 19.5. The Hall–Kier alpha value is -2.23. The largest absolute Gasteiger partial charge is 0.378 e. The van der Waals surface area contributed by atoms with E-state index in [2.05, 4.69) is 48.2 Å². The number of morpholine rings is 1. The summed E-state index contributed by atoms with van der Waals surface area (Å²) >= 11 is 5.10. The highest BCUT2D eigenvalue weighted by Gasteiger charge is 2.22. The maximum absolute atomic E-state index is 13.0. The second-order valence-corrected chi connectivity index (χ2v) is 9.63. The zero-order chi connectivity index (χ0) is 21.2. The van der Waals surface area contributed by atoms with Crippen molar-refractivity contribution in [3.63, 3.8) is 0 Å². The Morgan fingerprint density at radius 3 is 2.68 bits per heavy atom. The van der Waals surface area contributed by atoms with Crippen molar-refractivity contribution < 1.29 is 9.53 Å². The summed E-state index contributed by atoms with van der Waals surface area (Å²) in [5.41, 5.74) is 3.20. The normalized spacial score (nSPS) is 17.2. The minimum absolute atomic E-state index is 0.219. The Labute approximate surface area is 193 Å². The molecular weight excluding hydrogens is 478 g/mol. The number of nitrogens with one attached hydrogen (secondary N) is 1. The van der Waals surface area contributed by atoms with Crippen molar-refractivity contribution >= 4 is 59.9 Å². The van der Waals surface area contributed by atoms with Crippen LogP contribution in [0.1, 0.15) is 29.8 Å². The summed E-state index contributed by atoms with van der Waals surface area (Å²) < 4.78 is 7.23. The molecule has 1 amide bonds. The average Bonchev–Trinajstić information content (AvgIpc) is 3.23. The molecule has 0 spiro atoms. The van der Waals surface area contributed by atoms with Gasteiger partial charge in [-0.15, -0.1) is 0 Å².